The topological polar surface area (TPSA) is 112 Å². The predicted molar refractivity (Wildman–Crippen MR) is 29.3 cm³/mol. The molecule has 0 saturated carbocycles. The zero-order valence-corrected chi connectivity index (χ0v) is 9.60. The molecule has 9 heteroatoms. The molecular formula is H10AlCrKO5Si. The monoisotopic (exact) mass is 236 g/mol. The van der Waals surface area contributed by atoms with Gasteiger partial charge in [0.1, 0.15) is 0 Å². The van der Waals surface area contributed by atoms with E-state index in [4.69, 9.17) is 19.2 Å². The van der Waals surface area contributed by atoms with Gasteiger partial charge in [-0.05, 0) is 0 Å². The smallest absolute Gasteiger partial charge is 1.00 e. The van der Waals surface area contributed by atoms with Crippen LogP contribution in [0.5, 0.6) is 0 Å². The molecule has 0 aliphatic carbocycles. The Hall–Kier alpha value is 2.72. The van der Waals surface area contributed by atoms with Crippen molar-refractivity contribution in [3.05, 3.63) is 0 Å². The molecule has 0 rings (SSSR count). The minimum atomic E-state index is -4.61. The van der Waals surface area contributed by atoms with Crippen LogP contribution in [-0.4, -0.2) is 51.1 Å². The molecule has 0 saturated heterocycles. The first kappa shape index (κ1) is 29.8. The summed E-state index contributed by atoms with van der Waals surface area (Å²) in [7, 11) is -4.61. The van der Waals surface area contributed by atoms with Crippen molar-refractivity contribution < 1.29 is 94.8 Å². The molecule has 0 bridgehead atoms. The molecule has 0 amide bonds. The largest absolute Gasteiger partial charge is 1.00 e. The van der Waals surface area contributed by atoms with E-state index in [0.29, 0.717) is 0 Å². The number of hydrogen-bond acceptors (Lipinski definition) is 4. The molecule has 0 aromatic rings. The normalized spacial score (nSPS) is 6.67. The van der Waals surface area contributed by atoms with Gasteiger partial charge < -0.3 is 26.1 Å². The SMILES string of the molecule is O.O[Si](O)(O)O.[AlH3].[Cr].[H-].[K+]. The van der Waals surface area contributed by atoms with Crippen LogP contribution in [0.1, 0.15) is 1.43 Å². The maximum atomic E-state index is 7.33. The van der Waals surface area contributed by atoms with Gasteiger partial charge in [0.15, 0.2) is 17.4 Å². The van der Waals surface area contributed by atoms with Gasteiger partial charge in [0.25, 0.3) is 0 Å². The van der Waals surface area contributed by atoms with Crippen LogP contribution in [-0.2, 0) is 17.4 Å². The summed E-state index contributed by atoms with van der Waals surface area (Å²) in [5.74, 6) is 0. The quantitative estimate of drug-likeness (QED) is 0.313. The maximum Gasteiger partial charge on any atom is 1.00 e. The van der Waals surface area contributed by atoms with E-state index in [-0.39, 0.29) is 93.0 Å². The molecule has 0 fully saturated rings. The molecule has 0 unspecified atom stereocenters. The van der Waals surface area contributed by atoms with Crippen molar-refractivity contribution in [1.29, 1.82) is 0 Å². The first-order chi connectivity index (χ1) is 2.00. The van der Waals surface area contributed by atoms with Crippen molar-refractivity contribution in [2.75, 3.05) is 0 Å². The fourth-order valence-electron chi connectivity index (χ4n) is 0. The molecule has 0 aliphatic heterocycles. The van der Waals surface area contributed by atoms with Gasteiger partial charge in [0.05, 0.1) is 0 Å². The minimum Gasteiger partial charge on any atom is -1.00 e. The van der Waals surface area contributed by atoms with Crippen molar-refractivity contribution in [3.8, 4) is 0 Å². The van der Waals surface area contributed by atoms with E-state index in [2.05, 4.69) is 0 Å². The van der Waals surface area contributed by atoms with Gasteiger partial charge in [-0.25, -0.2) is 0 Å². The zero-order valence-electron chi connectivity index (χ0n) is 5.20. The van der Waals surface area contributed by atoms with E-state index in [1.54, 1.807) is 0 Å². The molecule has 0 radical (unpaired) electrons. The van der Waals surface area contributed by atoms with Crippen LogP contribution in [0, 0.1) is 0 Å². The van der Waals surface area contributed by atoms with Crippen LogP contribution >= 0.6 is 0 Å². The van der Waals surface area contributed by atoms with Gasteiger partial charge in [-0.15, -0.1) is 0 Å². The van der Waals surface area contributed by atoms with Gasteiger partial charge >= 0.3 is 60.4 Å². The third kappa shape index (κ3) is 110. The van der Waals surface area contributed by atoms with E-state index >= 15 is 0 Å². The van der Waals surface area contributed by atoms with Gasteiger partial charge in [-0.1, -0.05) is 0 Å². The minimum absolute atomic E-state index is 0. The number of rotatable bonds is 0. The second-order valence-electron chi connectivity index (χ2n) is 0.600. The van der Waals surface area contributed by atoms with E-state index in [1.165, 1.54) is 0 Å². The van der Waals surface area contributed by atoms with Crippen LogP contribution < -0.4 is 51.4 Å². The molecular weight excluding hydrogens is 226 g/mol. The summed E-state index contributed by atoms with van der Waals surface area (Å²) in [5.41, 5.74) is 0. The third-order valence-corrected chi connectivity index (χ3v) is 0. The summed E-state index contributed by atoms with van der Waals surface area (Å²) in [6.45, 7) is 0. The third-order valence-electron chi connectivity index (χ3n) is 0. The maximum absolute atomic E-state index is 7.33. The Labute approximate surface area is 119 Å². The van der Waals surface area contributed by atoms with E-state index < -0.39 is 9.05 Å². The predicted octanol–water partition coefficient (Wildman–Crippen LogP) is -7.50. The molecule has 0 heterocycles. The van der Waals surface area contributed by atoms with Gasteiger partial charge in [0, 0.05) is 17.4 Å². The van der Waals surface area contributed by atoms with Crippen molar-refractivity contribution in [1.82, 2.24) is 0 Å². The van der Waals surface area contributed by atoms with E-state index in [1.807, 2.05) is 0 Å². The first-order valence-corrected chi connectivity index (χ1v) is 2.68. The molecule has 0 atom stereocenters. The fourth-order valence-corrected chi connectivity index (χ4v) is 0. The Balaban J connectivity index is -0.00000000800. The van der Waals surface area contributed by atoms with Gasteiger partial charge in [-0.2, -0.15) is 0 Å². The molecule has 0 aromatic carbocycles. The van der Waals surface area contributed by atoms with Crippen molar-refractivity contribution >= 4 is 26.4 Å². The van der Waals surface area contributed by atoms with Crippen LogP contribution in [0.4, 0.5) is 0 Å². The summed E-state index contributed by atoms with van der Waals surface area (Å²) in [6.07, 6.45) is 0. The molecule has 0 aromatic heterocycles. The van der Waals surface area contributed by atoms with Crippen LogP contribution in [0.15, 0.2) is 0 Å². The van der Waals surface area contributed by atoms with Crippen molar-refractivity contribution in [2.24, 2.45) is 0 Å². The second-order valence-corrected chi connectivity index (χ2v) is 1.80. The van der Waals surface area contributed by atoms with Crippen LogP contribution in [0.3, 0.4) is 0 Å². The summed E-state index contributed by atoms with van der Waals surface area (Å²) in [6, 6.07) is 0. The molecule has 9 heavy (non-hydrogen) atoms. The average molecular weight is 236 g/mol. The second kappa shape index (κ2) is 13.3. The fraction of sp³-hybridized carbons (Fsp3) is 0. The Morgan fingerprint density at radius 2 is 1.00 bits per heavy atom. The molecule has 0 spiro atoms. The average Bonchev–Trinajstić information content (AvgIpc) is 0.722. The van der Waals surface area contributed by atoms with Crippen LogP contribution in [0.2, 0.25) is 0 Å². The summed E-state index contributed by atoms with van der Waals surface area (Å²) in [4.78, 5) is 29.3. The Morgan fingerprint density at radius 1 is 1.00 bits per heavy atom. The van der Waals surface area contributed by atoms with Gasteiger partial charge in [0.2, 0.25) is 0 Å². The number of hydrogen-bond donors (Lipinski definition) is 4. The Bertz CT molecular complexity index is 37.1. The van der Waals surface area contributed by atoms with Gasteiger partial charge in [-0.3, -0.25) is 0 Å². The molecule has 0 aliphatic rings. The Kier molecular flexibility index (Phi) is 44.1. The molecule has 6 N–H and O–H groups in total. The Morgan fingerprint density at radius 3 is 1.00 bits per heavy atom. The van der Waals surface area contributed by atoms with E-state index in [9.17, 15) is 0 Å². The molecule has 5 nitrogen and oxygen atoms in total. The first-order valence-electron chi connectivity index (χ1n) is 0.894. The summed E-state index contributed by atoms with van der Waals surface area (Å²) < 4.78 is 0. The zero-order chi connectivity index (χ0) is 4.50. The van der Waals surface area contributed by atoms with E-state index in [0.717, 1.165) is 0 Å². The summed E-state index contributed by atoms with van der Waals surface area (Å²) in [5, 5.41) is 0. The molecule has 54 valence electrons. The van der Waals surface area contributed by atoms with Crippen molar-refractivity contribution in [2.45, 2.75) is 0 Å². The van der Waals surface area contributed by atoms with Crippen molar-refractivity contribution in [3.63, 3.8) is 0 Å². The standard InChI is InChI=1S/Al.Cr.K.H4O4Si.H2O.4H/c;;;1-5(2,3)4;;;;;/h;;;1-4H;1H2;;;;/q;;+1;;;;;;-1. The van der Waals surface area contributed by atoms with Crippen LogP contribution in [0.25, 0.3) is 0 Å². The summed E-state index contributed by atoms with van der Waals surface area (Å²) >= 11 is 0.